The van der Waals surface area contributed by atoms with Crippen LogP contribution in [-0.4, -0.2) is 26.1 Å². The molecule has 2 aliphatic heterocycles. The second-order valence-corrected chi connectivity index (χ2v) is 16.3. The van der Waals surface area contributed by atoms with Gasteiger partial charge in [0.1, 0.15) is 11.4 Å². The van der Waals surface area contributed by atoms with E-state index in [-0.39, 0.29) is 10.8 Å². The van der Waals surface area contributed by atoms with Crippen LogP contribution in [0, 0.1) is 0 Å². The summed E-state index contributed by atoms with van der Waals surface area (Å²) < 4.78 is 41.5. The Morgan fingerprint density at radius 3 is 1.72 bits per heavy atom. The minimum atomic E-state index is -6.00. The minimum absolute atomic E-state index is 0.0395. The van der Waals surface area contributed by atoms with E-state index >= 15 is 0 Å². The summed E-state index contributed by atoms with van der Waals surface area (Å²) in [5, 5.41) is 0. The second-order valence-electron chi connectivity index (χ2n) is 16.3. The van der Waals surface area contributed by atoms with E-state index in [2.05, 4.69) is 185 Å². The molecule has 0 amide bonds. The summed E-state index contributed by atoms with van der Waals surface area (Å²) in [6, 6.07) is 40.0. The largest absolute Gasteiger partial charge is 0.673 e. The summed E-state index contributed by atoms with van der Waals surface area (Å²) in [6.07, 6.45) is 16.6. The molecule has 0 aromatic heterocycles. The van der Waals surface area contributed by atoms with Crippen molar-refractivity contribution < 1.29 is 22.2 Å². The predicted octanol–water partition coefficient (Wildman–Crippen LogP) is 12.6. The molecule has 298 valence electrons. The Morgan fingerprint density at radius 1 is 0.632 bits per heavy atom. The number of quaternary nitrogens is 1. The number of allylic oxidation sites excluding steroid dienone is 8. The average molecular weight is 775 g/mol. The van der Waals surface area contributed by atoms with Gasteiger partial charge in [-0.05, 0) is 75.5 Å². The van der Waals surface area contributed by atoms with Crippen LogP contribution in [0.4, 0.5) is 40.0 Å². The number of hydrogen-bond donors (Lipinski definition) is 1. The quantitative estimate of drug-likeness (QED) is 0.0960. The van der Waals surface area contributed by atoms with E-state index < -0.39 is 7.25 Å². The molecule has 1 atom stereocenters. The van der Waals surface area contributed by atoms with Gasteiger partial charge in [0, 0.05) is 64.3 Å². The molecular weight excluding hydrogens is 717 g/mol. The van der Waals surface area contributed by atoms with Gasteiger partial charge in [0.25, 0.3) is 0 Å². The van der Waals surface area contributed by atoms with Crippen molar-refractivity contribution in [2.75, 3.05) is 18.0 Å². The first-order valence-electron chi connectivity index (χ1n) is 20.6. The van der Waals surface area contributed by atoms with E-state index in [1.807, 2.05) is 0 Å². The van der Waals surface area contributed by atoms with Crippen molar-refractivity contribution in [3.05, 3.63) is 167 Å². The maximum atomic E-state index is 9.75. The molecule has 2 heterocycles. The highest BCUT2D eigenvalue weighted by Crippen LogP contribution is 2.48. The molecular formula is C49H57BF4N3+. The van der Waals surface area contributed by atoms with E-state index in [4.69, 9.17) is 0 Å². The first-order valence-corrected chi connectivity index (χ1v) is 20.6. The Balaban J connectivity index is 0.00000103. The van der Waals surface area contributed by atoms with Gasteiger partial charge >= 0.3 is 7.25 Å². The molecule has 57 heavy (non-hydrogen) atoms. The Labute approximate surface area is 337 Å². The molecule has 1 saturated carbocycles. The number of para-hydroxylation sites is 4. The molecule has 0 bridgehead atoms. The lowest BCUT2D eigenvalue weighted by molar-refractivity contribution is -0.789. The van der Waals surface area contributed by atoms with E-state index in [9.17, 15) is 17.3 Å². The van der Waals surface area contributed by atoms with Crippen molar-refractivity contribution in [1.29, 1.82) is 0 Å². The Hall–Kier alpha value is -4.95. The van der Waals surface area contributed by atoms with Gasteiger partial charge in [-0.25, -0.2) is 0 Å². The number of halogens is 4. The van der Waals surface area contributed by atoms with Gasteiger partial charge in [0.15, 0.2) is 0 Å². The molecule has 3 aliphatic rings. The summed E-state index contributed by atoms with van der Waals surface area (Å²) in [7, 11) is -6.00. The zero-order valence-corrected chi connectivity index (χ0v) is 34.3. The van der Waals surface area contributed by atoms with Crippen molar-refractivity contribution in [1.82, 2.24) is 4.58 Å². The number of benzene rings is 4. The van der Waals surface area contributed by atoms with Crippen LogP contribution in [0.2, 0.25) is 0 Å². The van der Waals surface area contributed by atoms with Crippen molar-refractivity contribution in [3.63, 3.8) is 0 Å². The van der Waals surface area contributed by atoms with Crippen LogP contribution in [0.3, 0.4) is 0 Å². The van der Waals surface area contributed by atoms with E-state index in [0.717, 1.165) is 25.9 Å². The summed E-state index contributed by atoms with van der Waals surface area (Å²) >= 11 is 0. The van der Waals surface area contributed by atoms with Crippen molar-refractivity contribution in [3.8, 4) is 0 Å². The van der Waals surface area contributed by atoms with Crippen LogP contribution in [0.15, 0.2) is 156 Å². The molecule has 3 nitrogen and oxygen atoms in total. The lowest BCUT2D eigenvalue weighted by Gasteiger charge is -2.27. The highest BCUT2D eigenvalue weighted by atomic mass is 19.5. The Morgan fingerprint density at radius 2 is 1.14 bits per heavy atom. The highest BCUT2D eigenvalue weighted by Gasteiger charge is 2.45. The maximum Gasteiger partial charge on any atom is 0.673 e. The van der Waals surface area contributed by atoms with E-state index in [1.165, 1.54) is 92.7 Å². The number of rotatable bonds is 10. The molecule has 1 fully saturated rings. The smallest absolute Gasteiger partial charge is 0.418 e. The summed E-state index contributed by atoms with van der Waals surface area (Å²) in [6.45, 7) is 16.4. The first-order chi connectivity index (χ1) is 27.3. The zero-order chi connectivity index (χ0) is 40.8. The number of fused-ring (bicyclic) bond motifs is 2. The van der Waals surface area contributed by atoms with Crippen LogP contribution >= 0.6 is 0 Å². The fourth-order valence-corrected chi connectivity index (χ4v) is 8.84. The fraction of sp³-hybridized carbons (Fsp3) is 0.327. The number of nitrogens with zero attached hydrogens (tertiary/aromatic N) is 2. The van der Waals surface area contributed by atoms with Gasteiger partial charge < -0.3 is 22.2 Å². The van der Waals surface area contributed by atoms with Gasteiger partial charge in [0.05, 0.1) is 12.0 Å². The van der Waals surface area contributed by atoms with Crippen LogP contribution in [0.1, 0.15) is 91.2 Å². The van der Waals surface area contributed by atoms with Crippen molar-refractivity contribution in [2.24, 2.45) is 0 Å². The topological polar surface area (TPSA) is 10.7 Å². The molecule has 0 spiro atoms. The Kier molecular flexibility index (Phi) is 12.9. The molecule has 1 aliphatic carbocycles. The molecule has 0 saturated heterocycles. The summed E-state index contributed by atoms with van der Waals surface area (Å²) in [5.41, 5.74) is 14.9. The van der Waals surface area contributed by atoms with Crippen LogP contribution in [-0.2, 0) is 10.8 Å². The van der Waals surface area contributed by atoms with Gasteiger partial charge in [0.2, 0.25) is 17.1 Å². The minimum Gasteiger partial charge on any atom is -0.418 e. The average Bonchev–Trinajstić information content (AvgIpc) is 3.76. The lowest BCUT2D eigenvalue weighted by Crippen LogP contribution is -3.04. The number of nitrogens with one attached hydrogen (secondary N) is 1. The maximum absolute atomic E-state index is 9.75. The number of anilines is 1. The van der Waals surface area contributed by atoms with E-state index in [1.54, 1.807) is 0 Å². The molecule has 8 heteroatoms. The molecule has 1 N–H and O–H groups in total. The summed E-state index contributed by atoms with van der Waals surface area (Å²) in [4.78, 5) is 4.11. The van der Waals surface area contributed by atoms with Crippen molar-refractivity contribution in [2.45, 2.75) is 90.9 Å². The van der Waals surface area contributed by atoms with Gasteiger partial charge in [-0.2, -0.15) is 4.58 Å². The van der Waals surface area contributed by atoms with E-state index in [0.29, 0.717) is 0 Å². The fourth-order valence-electron chi connectivity index (χ4n) is 8.84. The highest BCUT2D eigenvalue weighted by molar-refractivity contribution is 6.50. The third kappa shape index (κ3) is 9.12. The van der Waals surface area contributed by atoms with Crippen LogP contribution in [0.5, 0.6) is 0 Å². The van der Waals surface area contributed by atoms with Gasteiger partial charge in [-0.1, -0.05) is 119 Å². The molecule has 1 unspecified atom stereocenters. The zero-order valence-electron chi connectivity index (χ0n) is 34.3. The van der Waals surface area contributed by atoms with Gasteiger partial charge in [-0.15, -0.1) is 0 Å². The Bertz CT molecular complexity index is 2030. The van der Waals surface area contributed by atoms with Gasteiger partial charge in [-0.3, -0.25) is 4.90 Å². The van der Waals surface area contributed by atoms with Crippen molar-refractivity contribution >= 4 is 35.7 Å². The molecule has 0 radical (unpaired) electrons. The van der Waals surface area contributed by atoms with Crippen LogP contribution < -0.4 is 14.4 Å². The monoisotopic (exact) mass is 774 g/mol. The van der Waals surface area contributed by atoms with Crippen LogP contribution in [0.25, 0.3) is 0 Å². The predicted molar refractivity (Wildman–Crippen MR) is 233 cm³/mol. The number of unbranched alkanes of at least 4 members (excludes halogenated alkanes) is 2. The lowest BCUT2D eigenvalue weighted by atomic mass is 9.83. The normalized spacial score (nSPS) is 20.9. The SMILES string of the molecule is CCCCN1C(=CC=C2CC/C(=C\C=C3\[NH+](CCCC)c4ccccc4C3(C)C)C2=[N+](c2ccccc2)c2ccccc2)C(C)(C)c2ccccc21.F[B-](F)(F)F. The number of hydrogen-bond acceptors (Lipinski definition) is 1. The molecule has 4 aromatic carbocycles. The third-order valence-electron chi connectivity index (χ3n) is 11.7. The molecule has 7 rings (SSSR count). The summed E-state index contributed by atoms with van der Waals surface area (Å²) in [5.74, 6) is 0. The molecule has 4 aromatic rings. The standard InChI is InChI=1S/C49H56N3.BF4/c1-7-9-35-50-43-27-19-17-25-41(43)48(3,4)45(50)33-31-37-29-30-38(47(37)52(39-21-13-11-14-22-39)40-23-15-12-16-24-40)32-34-46-49(5,6)42-26-18-20-28-44(42)51(46)36-10-8-2;2-1(3,4)5/h11-28,31-34H,7-10,29-30,35-36H2,1-6H3;/q+1;-1/p+1. The first kappa shape index (κ1) is 41.7. The second kappa shape index (κ2) is 17.7. The third-order valence-corrected chi connectivity index (χ3v) is 11.7.